The van der Waals surface area contributed by atoms with Crippen molar-refractivity contribution < 1.29 is 9.53 Å². The molecule has 1 saturated carbocycles. The fraction of sp³-hybridized carbons (Fsp3) is 0.304. The molecule has 1 aliphatic carbocycles. The van der Waals surface area contributed by atoms with Crippen LogP contribution >= 0.6 is 15.9 Å². The van der Waals surface area contributed by atoms with Gasteiger partial charge in [0, 0.05) is 11.0 Å². The van der Waals surface area contributed by atoms with Crippen molar-refractivity contribution in [2.75, 3.05) is 18.1 Å². The van der Waals surface area contributed by atoms with Crippen molar-refractivity contribution in [3.8, 4) is 22.4 Å². The molecule has 3 aromatic rings. The summed E-state index contributed by atoms with van der Waals surface area (Å²) in [4.78, 5) is 21.6. The van der Waals surface area contributed by atoms with Crippen LogP contribution in [0.3, 0.4) is 0 Å². The number of halogens is 1. The van der Waals surface area contributed by atoms with Crippen LogP contribution in [0.25, 0.3) is 22.4 Å². The van der Waals surface area contributed by atoms with Gasteiger partial charge in [-0.3, -0.25) is 0 Å². The van der Waals surface area contributed by atoms with Crippen LogP contribution in [0.4, 0.5) is 10.7 Å². The van der Waals surface area contributed by atoms with Gasteiger partial charge in [0.1, 0.15) is 0 Å². The van der Waals surface area contributed by atoms with Crippen molar-refractivity contribution in [2.45, 2.75) is 26.2 Å². The fourth-order valence-corrected chi connectivity index (χ4v) is 3.64. The molecule has 1 heterocycles. The van der Waals surface area contributed by atoms with Crippen LogP contribution in [0.1, 0.15) is 26.2 Å². The maximum Gasteiger partial charge on any atom is 0.416 e. The third-order valence-corrected chi connectivity index (χ3v) is 5.92. The van der Waals surface area contributed by atoms with Crippen LogP contribution in [0.5, 0.6) is 0 Å². The van der Waals surface area contributed by atoms with Gasteiger partial charge in [-0.25, -0.2) is 14.7 Å². The maximum atomic E-state index is 12.4. The number of benzene rings is 2. The molecule has 150 valence electrons. The van der Waals surface area contributed by atoms with Crippen molar-refractivity contribution >= 4 is 28.0 Å². The van der Waals surface area contributed by atoms with E-state index in [-0.39, 0.29) is 6.09 Å². The Kier molecular flexibility index (Phi) is 6.00. The second kappa shape index (κ2) is 8.82. The molecule has 1 N–H and O–H groups in total. The van der Waals surface area contributed by atoms with Gasteiger partial charge in [0.2, 0.25) is 5.95 Å². The van der Waals surface area contributed by atoms with Gasteiger partial charge in [0.05, 0.1) is 18.5 Å². The fourth-order valence-electron chi connectivity index (χ4n) is 3.37. The monoisotopic (exact) mass is 453 g/mol. The number of rotatable bonds is 6. The van der Waals surface area contributed by atoms with Gasteiger partial charge >= 0.3 is 6.09 Å². The zero-order valence-electron chi connectivity index (χ0n) is 16.4. The van der Waals surface area contributed by atoms with Gasteiger partial charge in [-0.15, -0.1) is 0 Å². The van der Waals surface area contributed by atoms with E-state index in [0.717, 1.165) is 39.7 Å². The molecular weight excluding hydrogens is 430 g/mol. The predicted octanol–water partition coefficient (Wildman–Crippen LogP) is 6.27. The number of nitrogens with zero attached hydrogens (tertiary/aromatic N) is 2. The highest BCUT2D eigenvalue weighted by molar-refractivity contribution is 9.10. The van der Waals surface area contributed by atoms with E-state index in [9.17, 15) is 4.79 Å². The number of aromatic amines is 1. The number of H-pyrrole nitrogens is 1. The Bertz CT molecular complexity index is 963. The standard InChI is InChI=1S/C23H24BrN3O2/c1-2-27(23(28)29-15-16-4-3-5-16)22-25-14-21(26-22)19-8-6-17(7-9-19)18-10-12-20(24)13-11-18/h6-14,16H,2-5,15H2,1H3,(H,25,26). The lowest BCUT2D eigenvalue weighted by atomic mass is 9.86. The first-order valence-electron chi connectivity index (χ1n) is 9.99. The minimum atomic E-state index is -0.342. The molecule has 5 nitrogen and oxygen atoms in total. The molecule has 1 aromatic heterocycles. The number of carbonyl (C=O) groups excluding carboxylic acids is 1. The van der Waals surface area contributed by atoms with Crippen LogP contribution in [0, 0.1) is 5.92 Å². The molecular formula is C23H24BrN3O2. The molecule has 0 bridgehead atoms. The van der Waals surface area contributed by atoms with Gasteiger partial charge in [-0.2, -0.15) is 0 Å². The lowest BCUT2D eigenvalue weighted by Crippen LogP contribution is -2.34. The summed E-state index contributed by atoms with van der Waals surface area (Å²) in [7, 11) is 0. The quantitative estimate of drug-likeness (QED) is 0.478. The van der Waals surface area contributed by atoms with Crippen molar-refractivity contribution in [1.82, 2.24) is 9.97 Å². The third-order valence-electron chi connectivity index (χ3n) is 5.40. The van der Waals surface area contributed by atoms with Crippen LogP contribution in [-0.4, -0.2) is 29.2 Å². The second-order valence-corrected chi connectivity index (χ2v) is 8.24. The summed E-state index contributed by atoms with van der Waals surface area (Å²) in [5, 5.41) is 0. The topological polar surface area (TPSA) is 58.2 Å². The highest BCUT2D eigenvalue weighted by atomic mass is 79.9. The number of hydrogen-bond donors (Lipinski definition) is 1. The van der Waals surface area contributed by atoms with Crippen LogP contribution in [-0.2, 0) is 4.74 Å². The second-order valence-electron chi connectivity index (χ2n) is 7.32. The molecule has 1 aliphatic rings. The Morgan fingerprint density at radius 3 is 2.31 bits per heavy atom. The number of ether oxygens (including phenoxy) is 1. The van der Waals surface area contributed by atoms with E-state index in [4.69, 9.17) is 4.74 Å². The SMILES string of the molecule is CCN(C(=O)OCC1CCC1)c1ncc(-c2ccc(-c3ccc(Br)cc3)cc2)[nH]1. The summed E-state index contributed by atoms with van der Waals surface area (Å²) in [6, 6.07) is 16.5. The summed E-state index contributed by atoms with van der Waals surface area (Å²) in [5.41, 5.74) is 4.20. The number of anilines is 1. The normalized spacial score (nSPS) is 13.7. The highest BCUT2D eigenvalue weighted by Crippen LogP contribution is 2.28. The van der Waals surface area contributed by atoms with Gasteiger partial charge in [0.15, 0.2) is 0 Å². The Balaban J connectivity index is 1.45. The number of imidazole rings is 1. The minimum absolute atomic E-state index is 0.342. The average Bonchev–Trinajstić information content (AvgIpc) is 3.18. The molecule has 0 unspecified atom stereocenters. The Morgan fingerprint density at radius 1 is 1.10 bits per heavy atom. The first kappa shape index (κ1) is 19.7. The van der Waals surface area contributed by atoms with Crippen LogP contribution < -0.4 is 4.90 Å². The first-order chi connectivity index (χ1) is 14.1. The third kappa shape index (κ3) is 4.53. The van der Waals surface area contributed by atoms with E-state index in [0.29, 0.717) is 25.0 Å². The van der Waals surface area contributed by atoms with Crippen LogP contribution in [0.15, 0.2) is 59.2 Å². The molecule has 1 amide bonds. The summed E-state index contributed by atoms with van der Waals surface area (Å²) in [5.74, 6) is 1.03. The molecule has 6 heteroatoms. The average molecular weight is 454 g/mol. The van der Waals surface area contributed by atoms with Gasteiger partial charge in [-0.05, 0) is 54.5 Å². The molecule has 29 heavy (non-hydrogen) atoms. The Hall–Kier alpha value is -2.60. The summed E-state index contributed by atoms with van der Waals surface area (Å²) in [6.07, 6.45) is 4.96. The van der Waals surface area contributed by atoms with Crippen molar-refractivity contribution in [3.05, 3.63) is 59.2 Å². The predicted molar refractivity (Wildman–Crippen MR) is 119 cm³/mol. The van der Waals surface area contributed by atoms with Crippen molar-refractivity contribution in [1.29, 1.82) is 0 Å². The van der Waals surface area contributed by atoms with E-state index in [1.807, 2.05) is 19.1 Å². The summed E-state index contributed by atoms with van der Waals surface area (Å²) < 4.78 is 6.53. The maximum absolute atomic E-state index is 12.4. The van der Waals surface area contributed by atoms with E-state index >= 15 is 0 Å². The van der Waals surface area contributed by atoms with Crippen molar-refractivity contribution in [3.63, 3.8) is 0 Å². The molecule has 0 aliphatic heterocycles. The number of hydrogen-bond acceptors (Lipinski definition) is 3. The van der Waals surface area contributed by atoms with Gasteiger partial charge in [-0.1, -0.05) is 58.7 Å². The summed E-state index contributed by atoms with van der Waals surface area (Å²) in [6.45, 7) is 2.92. The smallest absolute Gasteiger partial charge is 0.416 e. The van der Waals surface area contributed by atoms with Gasteiger partial charge in [0.25, 0.3) is 0 Å². The number of carbonyl (C=O) groups is 1. The molecule has 4 rings (SSSR count). The van der Waals surface area contributed by atoms with Crippen LogP contribution in [0.2, 0.25) is 0 Å². The summed E-state index contributed by atoms with van der Waals surface area (Å²) >= 11 is 3.47. The zero-order chi connectivity index (χ0) is 20.2. The van der Waals surface area contributed by atoms with E-state index in [2.05, 4.69) is 62.3 Å². The highest BCUT2D eigenvalue weighted by Gasteiger charge is 2.23. The molecule has 0 atom stereocenters. The lowest BCUT2D eigenvalue weighted by Gasteiger charge is -2.26. The number of aromatic nitrogens is 2. The minimum Gasteiger partial charge on any atom is -0.449 e. The number of amides is 1. The van der Waals surface area contributed by atoms with E-state index in [1.54, 1.807) is 11.1 Å². The molecule has 0 saturated heterocycles. The molecule has 0 radical (unpaired) electrons. The lowest BCUT2D eigenvalue weighted by molar-refractivity contribution is 0.109. The van der Waals surface area contributed by atoms with Crippen molar-refractivity contribution in [2.24, 2.45) is 5.92 Å². The van der Waals surface area contributed by atoms with E-state index < -0.39 is 0 Å². The van der Waals surface area contributed by atoms with E-state index in [1.165, 1.54) is 6.42 Å². The molecule has 1 fully saturated rings. The Morgan fingerprint density at radius 2 is 1.72 bits per heavy atom. The Labute approximate surface area is 179 Å². The zero-order valence-corrected chi connectivity index (χ0v) is 18.0. The largest absolute Gasteiger partial charge is 0.449 e. The number of nitrogens with one attached hydrogen (secondary N) is 1. The first-order valence-corrected chi connectivity index (χ1v) is 10.8. The molecule has 0 spiro atoms. The molecule has 2 aromatic carbocycles. The van der Waals surface area contributed by atoms with Gasteiger partial charge < -0.3 is 9.72 Å².